The van der Waals surface area contributed by atoms with E-state index in [0.29, 0.717) is 29.5 Å². The highest BCUT2D eigenvalue weighted by Gasteiger charge is 2.32. The van der Waals surface area contributed by atoms with Crippen molar-refractivity contribution in [3.8, 4) is 28.4 Å². The number of anilines is 4. The molecule has 2 aromatic heterocycles. The summed E-state index contributed by atoms with van der Waals surface area (Å²) in [5.74, 6) is 2.01. The number of rotatable bonds is 6. The third-order valence-electron chi connectivity index (χ3n) is 11.8. The van der Waals surface area contributed by atoms with Crippen molar-refractivity contribution in [1.82, 2.24) is 9.55 Å². The lowest BCUT2D eigenvalue weighted by atomic mass is 9.80. The summed E-state index contributed by atoms with van der Waals surface area (Å²) in [4.78, 5) is 9.70. The van der Waals surface area contributed by atoms with Crippen LogP contribution in [-0.2, 0) is 16.2 Å². The number of hydrogen-bond donors (Lipinski definition) is 0. The van der Waals surface area contributed by atoms with Gasteiger partial charge in [-0.1, -0.05) is 129 Å². The molecule has 0 saturated carbocycles. The Morgan fingerprint density at radius 2 is 1.23 bits per heavy atom. The number of fused-ring (bicyclic) bond motifs is 4. The van der Waals surface area contributed by atoms with Gasteiger partial charge in [0.1, 0.15) is 24.0 Å². The maximum Gasteiger partial charge on any atom is 0.137 e. The second-order valence-corrected chi connectivity index (χ2v) is 19.2. The molecule has 1 aliphatic heterocycles. The molecule has 60 heavy (non-hydrogen) atoms. The Bertz CT molecular complexity index is 3140. The SMILES string of the molecule is [2H]c1c([2H])c([2H])c(-c2cnc(-n3c4ccccc4c4ccc(Oc5cccc(N6CN(c7cc(C(C)(C)C)cc(C(C)(C)C)c7)c7cc(C(C)(C)C)ccc76)c5)cc43)cc2C)c([2H])c1[2H]. The fourth-order valence-electron chi connectivity index (χ4n) is 8.22. The van der Waals surface area contributed by atoms with Gasteiger partial charge in [0.05, 0.1) is 29.3 Å². The number of aryl methyl sites for hydroxylation is 1. The smallest absolute Gasteiger partial charge is 0.137 e. The molecule has 5 heteroatoms. The lowest BCUT2D eigenvalue weighted by molar-refractivity contribution is 0.483. The molecule has 0 amide bonds. The van der Waals surface area contributed by atoms with E-state index in [2.05, 4.69) is 143 Å². The van der Waals surface area contributed by atoms with Gasteiger partial charge < -0.3 is 14.5 Å². The van der Waals surface area contributed by atoms with E-state index in [-0.39, 0.29) is 46.0 Å². The van der Waals surface area contributed by atoms with Gasteiger partial charge in [0, 0.05) is 46.0 Å². The van der Waals surface area contributed by atoms with Gasteiger partial charge in [-0.15, -0.1) is 0 Å². The maximum atomic E-state index is 8.59. The summed E-state index contributed by atoms with van der Waals surface area (Å²) in [6.07, 6.45) is 1.61. The number of para-hydroxylation sites is 1. The van der Waals surface area contributed by atoms with E-state index < -0.39 is 6.04 Å². The number of pyridine rings is 1. The van der Waals surface area contributed by atoms with Crippen molar-refractivity contribution in [2.45, 2.75) is 85.5 Å². The minimum atomic E-state index is -0.420. The molecule has 5 nitrogen and oxygen atoms in total. The number of nitrogens with zero attached hydrogens (tertiary/aromatic N) is 4. The quantitative estimate of drug-likeness (QED) is 0.168. The fourth-order valence-corrected chi connectivity index (χ4v) is 8.22. The summed E-state index contributed by atoms with van der Waals surface area (Å²) in [5, 5.41) is 2.09. The normalized spacial score (nSPS) is 14.5. The minimum Gasteiger partial charge on any atom is -0.457 e. The average molecular weight is 794 g/mol. The summed E-state index contributed by atoms with van der Waals surface area (Å²) < 4.78 is 50.6. The van der Waals surface area contributed by atoms with E-state index in [1.165, 1.54) is 28.1 Å². The lowest BCUT2D eigenvalue weighted by Gasteiger charge is -2.29. The first-order valence-electron chi connectivity index (χ1n) is 23.3. The van der Waals surface area contributed by atoms with Gasteiger partial charge in [0.2, 0.25) is 0 Å². The lowest BCUT2D eigenvalue weighted by Crippen LogP contribution is -2.25. The van der Waals surface area contributed by atoms with Crippen LogP contribution >= 0.6 is 0 Å². The van der Waals surface area contributed by atoms with Crippen LogP contribution in [0.4, 0.5) is 22.7 Å². The molecule has 0 radical (unpaired) electrons. The van der Waals surface area contributed by atoms with Gasteiger partial charge in [0.15, 0.2) is 0 Å². The van der Waals surface area contributed by atoms with Gasteiger partial charge in [-0.2, -0.15) is 0 Å². The van der Waals surface area contributed by atoms with Crippen molar-refractivity contribution in [3.05, 3.63) is 168 Å². The largest absolute Gasteiger partial charge is 0.457 e. The fraction of sp³-hybridized carbons (Fsp3) is 0.255. The number of hydrogen-bond acceptors (Lipinski definition) is 4. The molecule has 302 valence electrons. The van der Waals surface area contributed by atoms with E-state index in [1.807, 2.05) is 49.4 Å². The van der Waals surface area contributed by atoms with Gasteiger partial charge in [0.25, 0.3) is 0 Å². The summed E-state index contributed by atoms with van der Waals surface area (Å²) >= 11 is 0. The standard InChI is InChI=1S/C55H56N4O/c1-36-27-52(56-34-47(36)37-17-12-11-13-18-37)59-48-22-15-14-21-45(48)46-25-24-44(33-50(46)59)60-43-20-16-19-41(32-43)57-35-58(51-31-38(53(2,3)4)23-26-49(51)57)42-29-39(54(5,6)7)28-40(30-42)55(8,9)10/h11-34H,35H2,1-10H3/i11D,12D,13D,17D,18D. The molecule has 9 rings (SSSR count). The highest BCUT2D eigenvalue weighted by atomic mass is 16.5. The highest BCUT2D eigenvalue weighted by Crippen LogP contribution is 2.48. The molecule has 0 aliphatic carbocycles. The van der Waals surface area contributed by atoms with Crippen LogP contribution in [-0.4, -0.2) is 16.2 Å². The average Bonchev–Trinajstić information content (AvgIpc) is 3.80. The second kappa shape index (κ2) is 14.4. The van der Waals surface area contributed by atoms with E-state index in [0.717, 1.165) is 38.7 Å². The Kier molecular flexibility index (Phi) is 8.06. The molecule has 0 bridgehead atoms. The van der Waals surface area contributed by atoms with E-state index in [4.69, 9.17) is 16.6 Å². The van der Waals surface area contributed by atoms with Crippen LogP contribution in [0.3, 0.4) is 0 Å². The minimum absolute atomic E-state index is 0.0217. The zero-order valence-electron chi connectivity index (χ0n) is 41.4. The summed E-state index contributed by atoms with van der Waals surface area (Å²) in [6, 6.07) is 36.8. The molecule has 1 aliphatic rings. The monoisotopic (exact) mass is 793 g/mol. The van der Waals surface area contributed by atoms with Crippen LogP contribution in [0.2, 0.25) is 0 Å². The van der Waals surface area contributed by atoms with E-state index in [1.54, 1.807) is 6.20 Å². The molecule has 0 atom stereocenters. The Balaban J connectivity index is 1.09. The first-order chi connectivity index (χ1) is 30.6. The van der Waals surface area contributed by atoms with Crippen LogP contribution < -0.4 is 14.5 Å². The summed E-state index contributed by atoms with van der Waals surface area (Å²) in [6.45, 7) is 23.0. The number of benzene rings is 6. The Hall–Kier alpha value is -6.33. The molecule has 0 spiro atoms. The van der Waals surface area contributed by atoms with Crippen molar-refractivity contribution in [2.75, 3.05) is 16.5 Å². The number of ether oxygens (including phenoxy) is 1. The van der Waals surface area contributed by atoms with Crippen molar-refractivity contribution in [1.29, 1.82) is 0 Å². The molecule has 0 fully saturated rings. The topological polar surface area (TPSA) is 33.5 Å². The molecule has 6 aromatic carbocycles. The summed E-state index contributed by atoms with van der Waals surface area (Å²) in [7, 11) is 0. The van der Waals surface area contributed by atoms with Gasteiger partial charge in [-0.25, -0.2) is 4.98 Å². The Morgan fingerprint density at radius 3 is 1.93 bits per heavy atom. The first kappa shape index (κ1) is 33.5. The molecular weight excluding hydrogens is 733 g/mol. The zero-order chi connectivity index (χ0) is 46.5. The van der Waals surface area contributed by atoms with Gasteiger partial charge in [-0.05, 0) is 112 Å². The Morgan fingerprint density at radius 1 is 0.567 bits per heavy atom. The zero-order valence-corrected chi connectivity index (χ0v) is 36.4. The van der Waals surface area contributed by atoms with Crippen molar-refractivity contribution >= 4 is 44.6 Å². The third-order valence-corrected chi connectivity index (χ3v) is 11.8. The predicted octanol–water partition coefficient (Wildman–Crippen LogP) is 15.1. The van der Waals surface area contributed by atoms with Crippen molar-refractivity contribution in [3.63, 3.8) is 0 Å². The maximum absolute atomic E-state index is 8.59. The van der Waals surface area contributed by atoms with Crippen LogP contribution in [0.1, 0.15) is 91.4 Å². The molecule has 0 N–H and O–H groups in total. The van der Waals surface area contributed by atoms with Crippen molar-refractivity contribution < 1.29 is 11.6 Å². The second-order valence-electron chi connectivity index (χ2n) is 19.2. The Labute approximate surface area is 362 Å². The third kappa shape index (κ3) is 7.21. The van der Waals surface area contributed by atoms with E-state index in [9.17, 15) is 0 Å². The highest BCUT2D eigenvalue weighted by molar-refractivity contribution is 6.09. The van der Waals surface area contributed by atoms with Crippen LogP contribution in [0.25, 0.3) is 38.8 Å². The van der Waals surface area contributed by atoms with Crippen molar-refractivity contribution in [2.24, 2.45) is 0 Å². The predicted molar refractivity (Wildman–Crippen MR) is 253 cm³/mol. The van der Waals surface area contributed by atoms with Crippen LogP contribution in [0, 0.1) is 6.92 Å². The molecular formula is C55H56N4O. The van der Waals surface area contributed by atoms with E-state index >= 15 is 0 Å². The van der Waals surface area contributed by atoms with Crippen LogP contribution in [0.5, 0.6) is 11.5 Å². The molecule has 8 aromatic rings. The van der Waals surface area contributed by atoms with Gasteiger partial charge in [-0.3, -0.25) is 4.57 Å². The van der Waals surface area contributed by atoms with Gasteiger partial charge >= 0.3 is 0 Å². The number of aromatic nitrogens is 2. The first-order valence-corrected chi connectivity index (χ1v) is 20.8. The van der Waals surface area contributed by atoms with Crippen LogP contribution in [0.15, 0.2) is 146 Å². The molecule has 0 saturated heterocycles. The summed E-state index contributed by atoms with van der Waals surface area (Å²) in [5.41, 5.74) is 11.6. The molecule has 0 unspecified atom stereocenters. The molecule has 3 heterocycles.